The van der Waals surface area contributed by atoms with E-state index in [1.54, 1.807) is 0 Å². The van der Waals surface area contributed by atoms with Gasteiger partial charge in [0.05, 0.1) is 22.9 Å². The largest absolute Gasteiger partial charge is 0.372 e. The van der Waals surface area contributed by atoms with Crippen molar-refractivity contribution in [1.29, 1.82) is 0 Å². The summed E-state index contributed by atoms with van der Waals surface area (Å²) in [6, 6.07) is 6.32. The molecule has 3 nitrogen and oxygen atoms in total. The second-order valence-electron chi connectivity index (χ2n) is 5.60. The highest BCUT2D eigenvalue weighted by atomic mass is 35.5. The van der Waals surface area contributed by atoms with E-state index in [9.17, 15) is 0 Å². The minimum atomic E-state index is -0.107. The van der Waals surface area contributed by atoms with Crippen LogP contribution in [0, 0.1) is 0 Å². The SMILES string of the molecule is CCNCc1ccc(N2CCOC(C)(C)C2)c(Cl)c1. The molecule has 2 rings (SSSR count). The summed E-state index contributed by atoms with van der Waals surface area (Å²) in [5.74, 6) is 0. The van der Waals surface area contributed by atoms with Crippen molar-refractivity contribution in [3.8, 4) is 0 Å². The summed E-state index contributed by atoms with van der Waals surface area (Å²) >= 11 is 6.42. The number of nitrogens with one attached hydrogen (secondary N) is 1. The van der Waals surface area contributed by atoms with Gasteiger partial charge >= 0.3 is 0 Å². The highest BCUT2D eigenvalue weighted by molar-refractivity contribution is 6.33. The molecule has 1 fully saturated rings. The maximum absolute atomic E-state index is 6.42. The number of hydrogen-bond acceptors (Lipinski definition) is 3. The monoisotopic (exact) mass is 282 g/mol. The molecular formula is C15H23ClN2O. The number of rotatable bonds is 4. The third-order valence-corrected chi connectivity index (χ3v) is 3.66. The number of nitrogens with zero attached hydrogens (tertiary/aromatic N) is 1. The van der Waals surface area contributed by atoms with Crippen LogP contribution in [0.4, 0.5) is 5.69 Å². The van der Waals surface area contributed by atoms with Crippen molar-refractivity contribution in [2.45, 2.75) is 32.9 Å². The predicted molar refractivity (Wildman–Crippen MR) is 81.1 cm³/mol. The van der Waals surface area contributed by atoms with Crippen LogP contribution >= 0.6 is 11.6 Å². The van der Waals surface area contributed by atoms with Gasteiger partial charge in [0.25, 0.3) is 0 Å². The molecular weight excluding hydrogens is 260 g/mol. The molecule has 1 N–H and O–H groups in total. The first kappa shape index (κ1) is 14.6. The van der Waals surface area contributed by atoms with Crippen LogP contribution < -0.4 is 10.2 Å². The molecule has 0 aromatic heterocycles. The third-order valence-electron chi connectivity index (χ3n) is 3.36. The number of hydrogen-bond donors (Lipinski definition) is 1. The zero-order valence-corrected chi connectivity index (χ0v) is 12.8. The molecule has 1 aliphatic rings. The van der Waals surface area contributed by atoms with Gasteiger partial charge in [0.2, 0.25) is 0 Å². The standard InChI is InChI=1S/C15H23ClN2O/c1-4-17-10-12-5-6-14(13(16)9-12)18-7-8-19-15(2,3)11-18/h5-6,9,17H,4,7-8,10-11H2,1-3H3. The lowest BCUT2D eigenvalue weighted by Gasteiger charge is -2.39. The summed E-state index contributed by atoms with van der Waals surface area (Å²) in [5, 5.41) is 4.14. The van der Waals surface area contributed by atoms with Crippen molar-refractivity contribution < 1.29 is 4.74 Å². The molecule has 19 heavy (non-hydrogen) atoms. The fraction of sp³-hybridized carbons (Fsp3) is 0.600. The van der Waals surface area contributed by atoms with Gasteiger partial charge in [-0.15, -0.1) is 0 Å². The number of anilines is 1. The molecule has 0 aliphatic carbocycles. The van der Waals surface area contributed by atoms with Crippen LogP contribution in [-0.4, -0.2) is 31.8 Å². The normalized spacial score (nSPS) is 18.6. The molecule has 0 bridgehead atoms. The van der Waals surface area contributed by atoms with Crippen LogP contribution in [0.25, 0.3) is 0 Å². The molecule has 4 heteroatoms. The smallest absolute Gasteiger partial charge is 0.0801 e. The molecule has 0 amide bonds. The van der Waals surface area contributed by atoms with E-state index in [1.807, 2.05) is 0 Å². The van der Waals surface area contributed by atoms with E-state index < -0.39 is 0 Å². The van der Waals surface area contributed by atoms with Gasteiger partial charge in [0.1, 0.15) is 0 Å². The zero-order chi connectivity index (χ0) is 13.9. The lowest BCUT2D eigenvalue weighted by molar-refractivity contribution is -0.0276. The Kier molecular flexibility index (Phi) is 4.71. The van der Waals surface area contributed by atoms with Crippen LogP contribution in [-0.2, 0) is 11.3 Å². The van der Waals surface area contributed by atoms with E-state index >= 15 is 0 Å². The number of halogens is 1. The van der Waals surface area contributed by atoms with Gasteiger partial charge in [-0.2, -0.15) is 0 Å². The van der Waals surface area contributed by atoms with Gasteiger partial charge in [-0.05, 0) is 38.1 Å². The van der Waals surface area contributed by atoms with Gasteiger partial charge in [-0.3, -0.25) is 0 Å². The second-order valence-corrected chi connectivity index (χ2v) is 6.00. The maximum atomic E-state index is 6.42. The Balaban J connectivity index is 2.12. The lowest BCUT2D eigenvalue weighted by atomic mass is 10.1. The maximum Gasteiger partial charge on any atom is 0.0801 e. The van der Waals surface area contributed by atoms with E-state index in [1.165, 1.54) is 5.56 Å². The van der Waals surface area contributed by atoms with Gasteiger partial charge in [-0.25, -0.2) is 0 Å². The van der Waals surface area contributed by atoms with Crippen LogP contribution in [0.15, 0.2) is 18.2 Å². The Morgan fingerprint density at radius 2 is 2.21 bits per heavy atom. The molecule has 0 atom stereocenters. The number of benzene rings is 1. The van der Waals surface area contributed by atoms with Crippen LogP contribution in [0.5, 0.6) is 0 Å². The van der Waals surface area contributed by atoms with Gasteiger partial charge in [-0.1, -0.05) is 24.6 Å². The molecule has 1 heterocycles. The third kappa shape index (κ3) is 3.85. The molecule has 0 saturated carbocycles. The highest BCUT2D eigenvalue weighted by Gasteiger charge is 2.28. The van der Waals surface area contributed by atoms with E-state index in [-0.39, 0.29) is 5.60 Å². The van der Waals surface area contributed by atoms with Crippen molar-refractivity contribution in [2.24, 2.45) is 0 Å². The van der Waals surface area contributed by atoms with Crippen molar-refractivity contribution >= 4 is 17.3 Å². The van der Waals surface area contributed by atoms with Gasteiger partial charge < -0.3 is 15.0 Å². The second kappa shape index (κ2) is 6.12. The summed E-state index contributed by atoms with van der Waals surface area (Å²) in [6.07, 6.45) is 0. The summed E-state index contributed by atoms with van der Waals surface area (Å²) in [5.41, 5.74) is 2.23. The number of ether oxygens (including phenoxy) is 1. The molecule has 1 aromatic rings. The summed E-state index contributed by atoms with van der Waals surface area (Å²) in [7, 11) is 0. The van der Waals surface area contributed by atoms with E-state index in [0.29, 0.717) is 0 Å². The highest BCUT2D eigenvalue weighted by Crippen LogP contribution is 2.30. The van der Waals surface area contributed by atoms with E-state index in [0.717, 1.165) is 43.5 Å². The summed E-state index contributed by atoms with van der Waals surface area (Å²) < 4.78 is 5.74. The molecule has 0 spiro atoms. The quantitative estimate of drug-likeness (QED) is 0.919. The first-order chi connectivity index (χ1) is 9.02. The van der Waals surface area contributed by atoms with Crippen molar-refractivity contribution in [1.82, 2.24) is 5.32 Å². The van der Waals surface area contributed by atoms with E-state index in [4.69, 9.17) is 16.3 Å². The molecule has 1 aromatic carbocycles. The Morgan fingerprint density at radius 3 is 2.84 bits per heavy atom. The first-order valence-electron chi connectivity index (χ1n) is 6.90. The Hall–Kier alpha value is -0.770. The summed E-state index contributed by atoms with van der Waals surface area (Å²) in [4.78, 5) is 2.31. The molecule has 1 saturated heterocycles. The Morgan fingerprint density at radius 1 is 1.42 bits per heavy atom. The molecule has 1 aliphatic heterocycles. The summed E-state index contributed by atoms with van der Waals surface area (Å²) in [6.45, 7) is 10.7. The minimum absolute atomic E-state index is 0.107. The number of morpholine rings is 1. The van der Waals surface area contributed by atoms with Crippen LogP contribution in [0.3, 0.4) is 0 Å². The van der Waals surface area contributed by atoms with E-state index in [2.05, 4.69) is 49.2 Å². The Labute approximate surface area is 120 Å². The minimum Gasteiger partial charge on any atom is -0.372 e. The predicted octanol–water partition coefficient (Wildman–Crippen LogP) is 3.06. The molecule has 106 valence electrons. The van der Waals surface area contributed by atoms with Crippen molar-refractivity contribution in [3.63, 3.8) is 0 Å². The zero-order valence-electron chi connectivity index (χ0n) is 12.0. The Bertz CT molecular complexity index is 434. The van der Waals surface area contributed by atoms with Crippen molar-refractivity contribution in [2.75, 3.05) is 31.1 Å². The molecule has 0 radical (unpaired) electrons. The topological polar surface area (TPSA) is 24.5 Å². The van der Waals surface area contributed by atoms with Gasteiger partial charge in [0.15, 0.2) is 0 Å². The van der Waals surface area contributed by atoms with Crippen LogP contribution in [0.2, 0.25) is 5.02 Å². The van der Waals surface area contributed by atoms with Gasteiger partial charge in [0, 0.05) is 19.6 Å². The lowest BCUT2D eigenvalue weighted by Crippen LogP contribution is -2.48. The average molecular weight is 283 g/mol. The first-order valence-corrected chi connectivity index (χ1v) is 7.28. The fourth-order valence-electron chi connectivity index (χ4n) is 2.41. The van der Waals surface area contributed by atoms with Crippen LogP contribution in [0.1, 0.15) is 26.3 Å². The average Bonchev–Trinajstić information content (AvgIpc) is 2.35. The van der Waals surface area contributed by atoms with Crippen molar-refractivity contribution in [3.05, 3.63) is 28.8 Å². The molecule has 0 unspecified atom stereocenters. The fourth-order valence-corrected chi connectivity index (χ4v) is 2.73.